The van der Waals surface area contributed by atoms with Gasteiger partial charge in [0.1, 0.15) is 0 Å². The second-order valence-electron chi connectivity index (χ2n) is 7.44. The van der Waals surface area contributed by atoms with Crippen LogP contribution in [0.5, 0.6) is 0 Å². The summed E-state index contributed by atoms with van der Waals surface area (Å²) in [7, 11) is 0. The monoisotopic (exact) mass is 434 g/mol. The van der Waals surface area contributed by atoms with Crippen molar-refractivity contribution in [2.45, 2.75) is 50.0 Å². The first-order chi connectivity index (χ1) is 14.3. The van der Waals surface area contributed by atoms with Crippen LogP contribution in [0, 0.1) is 0 Å². The van der Waals surface area contributed by atoms with Gasteiger partial charge >= 0.3 is 6.18 Å². The summed E-state index contributed by atoms with van der Waals surface area (Å²) >= 11 is 1.05. The van der Waals surface area contributed by atoms with Gasteiger partial charge in [0.15, 0.2) is 10.8 Å². The third kappa shape index (κ3) is 4.45. The lowest BCUT2D eigenvalue weighted by molar-refractivity contribution is -0.137. The van der Waals surface area contributed by atoms with Crippen LogP contribution in [-0.2, 0) is 23.8 Å². The molecule has 1 aliphatic rings. The van der Waals surface area contributed by atoms with Crippen molar-refractivity contribution < 1.29 is 18.0 Å². The zero-order valence-electron chi connectivity index (χ0n) is 16.4. The normalized spacial score (nSPS) is 15.1. The molecule has 30 heavy (non-hydrogen) atoms. The van der Waals surface area contributed by atoms with E-state index in [0.29, 0.717) is 5.65 Å². The molecule has 3 aromatic rings. The van der Waals surface area contributed by atoms with Crippen molar-refractivity contribution >= 4 is 23.3 Å². The van der Waals surface area contributed by atoms with E-state index in [1.165, 1.54) is 34.4 Å². The van der Waals surface area contributed by atoms with Gasteiger partial charge in [-0.15, -0.1) is 10.2 Å². The van der Waals surface area contributed by atoms with Crippen LogP contribution in [0.1, 0.15) is 48.1 Å². The first-order valence-corrected chi connectivity index (χ1v) is 10.8. The molecular weight excluding hydrogens is 413 g/mol. The van der Waals surface area contributed by atoms with Gasteiger partial charge in [-0.2, -0.15) is 13.2 Å². The van der Waals surface area contributed by atoms with Gasteiger partial charge in [0, 0.05) is 6.20 Å². The van der Waals surface area contributed by atoms with Crippen molar-refractivity contribution in [1.29, 1.82) is 0 Å². The van der Waals surface area contributed by atoms with Crippen LogP contribution < -0.4 is 5.32 Å². The van der Waals surface area contributed by atoms with Crippen LogP contribution in [0.15, 0.2) is 41.7 Å². The molecule has 9 heteroatoms. The lowest BCUT2D eigenvalue weighted by Gasteiger charge is -2.20. The summed E-state index contributed by atoms with van der Waals surface area (Å²) in [6, 6.07) is 8.42. The number of pyridine rings is 1. The summed E-state index contributed by atoms with van der Waals surface area (Å²) in [6.45, 7) is 1.93. The van der Waals surface area contributed by atoms with E-state index in [1.807, 2.05) is 13.0 Å². The number of benzene rings is 1. The molecule has 158 valence electrons. The second kappa shape index (κ2) is 8.29. The highest BCUT2D eigenvalue weighted by Crippen LogP contribution is 2.30. The predicted molar refractivity (Wildman–Crippen MR) is 108 cm³/mol. The number of fused-ring (bicyclic) bond motifs is 2. The number of hydrogen-bond acceptors (Lipinski definition) is 4. The highest BCUT2D eigenvalue weighted by atomic mass is 32.2. The lowest BCUT2D eigenvalue weighted by Crippen LogP contribution is -2.28. The highest BCUT2D eigenvalue weighted by Gasteiger charge is 2.31. The van der Waals surface area contributed by atoms with E-state index >= 15 is 0 Å². The Morgan fingerprint density at radius 3 is 2.70 bits per heavy atom. The van der Waals surface area contributed by atoms with Crippen LogP contribution >= 0.6 is 11.8 Å². The van der Waals surface area contributed by atoms with E-state index < -0.39 is 11.7 Å². The van der Waals surface area contributed by atoms with Gasteiger partial charge < -0.3 is 5.32 Å². The Kier molecular flexibility index (Phi) is 5.73. The van der Waals surface area contributed by atoms with Crippen LogP contribution in [0.25, 0.3) is 5.65 Å². The van der Waals surface area contributed by atoms with Gasteiger partial charge in [-0.1, -0.05) is 30.0 Å². The molecule has 1 amide bonds. The zero-order valence-corrected chi connectivity index (χ0v) is 17.2. The standard InChI is InChI=1S/C21H21F3N4OS/c1-13(15-7-6-14-4-2-3-5-16(14)10-15)25-19(29)12-30-20-27-26-18-9-8-17(11-28(18)20)21(22,23)24/h6-11,13H,2-5,12H2,1H3,(H,25,29). The SMILES string of the molecule is CC(NC(=O)CSc1nnc2ccc(C(F)(F)F)cn12)c1ccc2c(c1)CCCC2. The fraction of sp³-hybridized carbons (Fsp3) is 0.381. The third-order valence-corrected chi connectivity index (χ3v) is 6.22. The van der Waals surface area contributed by atoms with Crippen molar-refractivity contribution in [1.82, 2.24) is 19.9 Å². The lowest BCUT2D eigenvalue weighted by atomic mass is 9.89. The molecule has 0 radical (unpaired) electrons. The maximum absolute atomic E-state index is 13.0. The molecule has 4 rings (SSSR count). The number of carbonyl (C=O) groups excluding carboxylic acids is 1. The average molecular weight is 434 g/mol. The maximum atomic E-state index is 13.0. The van der Waals surface area contributed by atoms with Crippen LogP contribution in [0.2, 0.25) is 0 Å². The number of halogens is 3. The van der Waals surface area contributed by atoms with Gasteiger partial charge in [-0.3, -0.25) is 9.20 Å². The van der Waals surface area contributed by atoms with E-state index in [9.17, 15) is 18.0 Å². The molecular formula is C21H21F3N4OS. The quantitative estimate of drug-likeness (QED) is 0.597. The topological polar surface area (TPSA) is 59.3 Å². The van der Waals surface area contributed by atoms with Crippen LogP contribution in [0.4, 0.5) is 13.2 Å². The summed E-state index contributed by atoms with van der Waals surface area (Å²) in [5, 5.41) is 11.0. The van der Waals surface area contributed by atoms with Gasteiger partial charge in [-0.05, 0) is 61.4 Å². The highest BCUT2D eigenvalue weighted by molar-refractivity contribution is 7.99. The van der Waals surface area contributed by atoms with Crippen molar-refractivity contribution in [3.8, 4) is 0 Å². The molecule has 1 aliphatic carbocycles. The Bertz CT molecular complexity index is 1080. The molecule has 1 aromatic carbocycles. The van der Waals surface area contributed by atoms with Gasteiger partial charge in [0.05, 0.1) is 17.4 Å². The van der Waals surface area contributed by atoms with Crippen molar-refractivity contribution in [3.05, 3.63) is 58.8 Å². The number of carbonyl (C=O) groups is 1. The van der Waals surface area contributed by atoms with Crippen molar-refractivity contribution in [3.63, 3.8) is 0 Å². The Hall–Kier alpha value is -2.55. The number of thioether (sulfide) groups is 1. The minimum atomic E-state index is -4.46. The molecule has 1 atom stereocenters. The Labute approximate surface area is 176 Å². The molecule has 0 aliphatic heterocycles. The third-order valence-electron chi connectivity index (χ3n) is 5.28. The largest absolute Gasteiger partial charge is 0.417 e. The number of nitrogens with one attached hydrogen (secondary N) is 1. The van der Waals surface area contributed by atoms with E-state index in [2.05, 4.69) is 27.6 Å². The second-order valence-corrected chi connectivity index (χ2v) is 8.38. The Balaban J connectivity index is 1.40. The number of alkyl halides is 3. The molecule has 0 bridgehead atoms. The summed E-state index contributed by atoms with van der Waals surface area (Å²) in [5.41, 5.74) is 3.30. The number of nitrogens with zero attached hydrogens (tertiary/aromatic N) is 3. The Morgan fingerprint density at radius 2 is 1.93 bits per heavy atom. The molecule has 2 aromatic heterocycles. The molecule has 0 spiro atoms. The number of hydrogen-bond donors (Lipinski definition) is 1. The molecule has 0 saturated heterocycles. The van der Waals surface area contributed by atoms with Crippen molar-refractivity contribution in [2.24, 2.45) is 0 Å². The zero-order chi connectivity index (χ0) is 21.3. The van der Waals surface area contributed by atoms with Gasteiger partial charge in [0.2, 0.25) is 5.91 Å². The number of rotatable bonds is 5. The maximum Gasteiger partial charge on any atom is 0.417 e. The number of aryl methyl sites for hydroxylation is 2. The summed E-state index contributed by atoms with van der Waals surface area (Å²) < 4.78 is 40.1. The number of amides is 1. The summed E-state index contributed by atoms with van der Waals surface area (Å²) in [6.07, 6.45) is 1.08. The predicted octanol–water partition coefficient (Wildman–Crippen LogP) is 4.60. The van der Waals surface area contributed by atoms with Crippen LogP contribution in [0.3, 0.4) is 0 Å². The average Bonchev–Trinajstić information content (AvgIpc) is 3.13. The first kappa shape index (κ1) is 20.7. The van der Waals surface area contributed by atoms with E-state index in [4.69, 9.17) is 0 Å². The van der Waals surface area contributed by atoms with Crippen molar-refractivity contribution in [2.75, 3.05) is 5.75 Å². The molecule has 5 nitrogen and oxygen atoms in total. The van der Waals surface area contributed by atoms with Gasteiger partial charge in [-0.25, -0.2) is 0 Å². The molecule has 2 heterocycles. The van der Waals surface area contributed by atoms with E-state index in [1.54, 1.807) is 0 Å². The molecule has 1 unspecified atom stereocenters. The molecule has 0 saturated carbocycles. The molecule has 0 fully saturated rings. The summed E-state index contributed by atoms with van der Waals surface area (Å²) in [4.78, 5) is 12.4. The fourth-order valence-electron chi connectivity index (χ4n) is 3.66. The van der Waals surface area contributed by atoms with E-state index in [-0.39, 0.29) is 22.9 Å². The minimum Gasteiger partial charge on any atom is -0.349 e. The minimum absolute atomic E-state index is 0.0340. The summed E-state index contributed by atoms with van der Waals surface area (Å²) in [5.74, 6) is -0.180. The smallest absolute Gasteiger partial charge is 0.349 e. The van der Waals surface area contributed by atoms with E-state index in [0.717, 1.165) is 42.4 Å². The fourth-order valence-corrected chi connectivity index (χ4v) is 4.38. The first-order valence-electron chi connectivity index (χ1n) is 9.77. The Morgan fingerprint density at radius 1 is 1.17 bits per heavy atom. The number of aromatic nitrogens is 3. The van der Waals surface area contributed by atoms with Crippen LogP contribution in [-0.4, -0.2) is 26.3 Å². The van der Waals surface area contributed by atoms with Gasteiger partial charge in [0.25, 0.3) is 0 Å². The molecule has 1 N–H and O–H groups in total.